The molecule has 0 aliphatic carbocycles. The van der Waals surface area contributed by atoms with E-state index >= 15 is 0 Å². The summed E-state index contributed by atoms with van der Waals surface area (Å²) >= 11 is 1.83. The van der Waals surface area contributed by atoms with Gasteiger partial charge in [-0.15, -0.1) is 35.3 Å². The number of rotatable bonds is 7. The summed E-state index contributed by atoms with van der Waals surface area (Å²) in [5.41, 5.74) is 1.56. The van der Waals surface area contributed by atoms with E-state index in [4.69, 9.17) is 4.74 Å². The number of nitrogens with zero attached hydrogens (tertiary/aromatic N) is 2. The van der Waals surface area contributed by atoms with Crippen molar-refractivity contribution in [3.05, 3.63) is 57.5 Å². The Labute approximate surface area is 200 Å². The van der Waals surface area contributed by atoms with E-state index in [1.807, 2.05) is 17.4 Å². The summed E-state index contributed by atoms with van der Waals surface area (Å²) < 4.78 is 18.9. The van der Waals surface area contributed by atoms with Crippen molar-refractivity contribution in [3.8, 4) is 0 Å². The van der Waals surface area contributed by atoms with Crippen LogP contribution in [0.2, 0.25) is 0 Å². The Kier molecular flexibility index (Phi) is 10.5. The summed E-state index contributed by atoms with van der Waals surface area (Å²) in [4.78, 5) is 8.25. The largest absolute Gasteiger partial charge is 0.380 e. The lowest BCUT2D eigenvalue weighted by Gasteiger charge is -2.39. The van der Waals surface area contributed by atoms with Crippen LogP contribution in [0.4, 0.5) is 4.39 Å². The molecular formula is C22H32FIN4OS. The minimum absolute atomic E-state index is 0. The van der Waals surface area contributed by atoms with Crippen molar-refractivity contribution in [1.82, 2.24) is 15.5 Å². The predicted octanol–water partition coefficient (Wildman–Crippen LogP) is 4.40. The number of nitrogens with one attached hydrogen (secondary N) is 2. The molecule has 0 spiro atoms. The van der Waals surface area contributed by atoms with Crippen LogP contribution < -0.4 is 10.6 Å². The number of halogens is 2. The van der Waals surface area contributed by atoms with Crippen molar-refractivity contribution in [2.45, 2.75) is 32.0 Å². The number of piperidine rings is 1. The molecule has 3 rings (SSSR count). The first-order chi connectivity index (χ1) is 14.1. The standard InChI is InChI=1S/C22H31FN4OS.HI/c1-24-22(25-13-16-8-9-19(23)18(12-16)15-28-3)26-14-17-6-4-10-27(2)21(17)20-7-5-11-29-20;/h5,7-9,11-12,17,21H,4,6,10,13-15H2,1-3H3,(H2,24,25,26);1H. The molecule has 0 saturated carbocycles. The number of ether oxygens (including phenoxy) is 1. The van der Waals surface area contributed by atoms with E-state index in [-0.39, 0.29) is 36.4 Å². The first-order valence-corrected chi connectivity index (χ1v) is 10.9. The third-order valence-electron chi connectivity index (χ3n) is 5.47. The van der Waals surface area contributed by atoms with Gasteiger partial charge in [-0.05, 0) is 61.5 Å². The number of aliphatic imine (C=N–C) groups is 1. The highest BCUT2D eigenvalue weighted by Crippen LogP contribution is 2.36. The molecular weight excluding hydrogens is 514 g/mol. The molecule has 1 aromatic heterocycles. The van der Waals surface area contributed by atoms with Crippen LogP contribution in [-0.2, 0) is 17.9 Å². The van der Waals surface area contributed by atoms with Gasteiger partial charge in [0, 0.05) is 43.7 Å². The van der Waals surface area contributed by atoms with Crippen LogP contribution in [0.15, 0.2) is 40.7 Å². The van der Waals surface area contributed by atoms with Crippen LogP contribution in [0.25, 0.3) is 0 Å². The van der Waals surface area contributed by atoms with Crippen molar-refractivity contribution < 1.29 is 9.13 Å². The molecule has 1 aromatic carbocycles. The first kappa shape index (κ1) is 25.0. The molecule has 2 aromatic rings. The lowest BCUT2D eigenvalue weighted by atomic mass is 9.88. The Morgan fingerprint density at radius 3 is 2.87 bits per heavy atom. The van der Waals surface area contributed by atoms with E-state index in [9.17, 15) is 4.39 Å². The summed E-state index contributed by atoms with van der Waals surface area (Å²) in [5.74, 6) is 1.06. The van der Waals surface area contributed by atoms with Crippen molar-refractivity contribution in [2.75, 3.05) is 34.3 Å². The minimum atomic E-state index is -0.237. The zero-order valence-electron chi connectivity index (χ0n) is 17.9. The van der Waals surface area contributed by atoms with Gasteiger partial charge in [0.2, 0.25) is 0 Å². The smallest absolute Gasteiger partial charge is 0.191 e. The number of hydrogen-bond acceptors (Lipinski definition) is 4. The maximum Gasteiger partial charge on any atom is 0.191 e. The van der Waals surface area contributed by atoms with Gasteiger partial charge < -0.3 is 15.4 Å². The van der Waals surface area contributed by atoms with Gasteiger partial charge in [-0.2, -0.15) is 0 Å². The van der Waals surface area contributed by atoms with E-state index in [0.717, 1.165) is 24.6 Å². The van der Waals surface area contributed by atoms with Gasteiger partial charge >= 0.3 is 0 Å². The molecule has 2 atom stereocenters. The Bertz CT molecular complexity index is 802. The summed E-state index contributed by atoms with van der Waals surface area (Å²) in [6.07, 6.45) is 2.42. The molecule has 5 nitrogen and oxygen atoms in total. The average Bonchev–Trinajstić information content (AvgIpc) is 3.25. The molecule has 1 aliphatic heterocycles. The molecule has 2 N–H and O–H groups in total. The summed E-state index contributed by atoms with van der Waals surface area (Å²) in [6, 6.07) is 9.94. The van der Waals surface area contributed by atoms with E-state index in [0.29, 0.717) is 24.1 Å². The van der Waals surface area contributed by atoms with Crippen LogP contribution in [0, 0.1) is 11.7 Å². The van der Waals surface area contributed by atoms with Crippen molar-refractivity contribution in [1.29, 1.82) is 0 Å². The second-order valence-corrected chi connectivity index (χ2v) is 8.49. The van der Waals surface area contributed by atoms with Crippen LogP contribution in [-0.4, -0.2) is 45.2 Å². The van der Waals surface area contributed by atoms with E-state index < -0.39 is 0 Å². The molecule has 1 saturated heterocycles. The zero-order valence-corrected chi connectivity index (χ0v) is 21.0. The summed E-state index contributed by atoms with van der Waals surface area (Å²) in [6.45, 7) is 2.85. The molecule has 30 heavy (non-hydrogen) atoms. The van der Waals surface area contributed by atoms with Crippen molar-refractivity contribution in [2.24, 2.45) is 10.9 Å². The monoisotopic (exact) mass is 546 g/mol. The number of hydrogen-bond donors (Lipinski definition) is 2. The minimum Gasteiger partial charge on any atom is -0.380 e. The van der Waals surface area contributed by atoms with Gasteiger partial charge in [0.05, 0.1) is 6.61 Å². The fraction of sp³-hybridized carbons (Fsp3) is 0.500. The highest BCUT2D eigenvalue weighted by molar-refractivity contribution is 14.0. The second kappa shape index (κ2) is 12.6. The molecule has 2 unspecified atom stereocenters. The normalized spacial score (nSPS) is 19.9. The Balaban J connectivity index is 0.00000320. The molecule has 0 radical (unpaired) electrons. The summed E-state index contributed by atoms with van der Waals surface area (Å²) in [5, 5.41) is 8.99. The Hall–Kier alpha value is -1.23. The highest BCUT2D eigenvalue weighted by atomic mass is 127. The molecule has 1 fully saturated rings. The van der Waals surface area contributed by atoms with E-state index in [2.05, 4.69) is 45.1 Å². The molecule has 1 aliphatic rings. The van der Waals surface area contributed by atoms with Crippen LogP contribution in [0.5, 0.6) is 0 Å². The lowest BCUT2D eigenvalue weighted by molar-refractivity contribution is 0.125. The number of methoxy groups -OCH3 is 1. The van der Waals surface area contributed by atoms with Gasteiger partial charge in [0.1, 0.15) is 5.82 Å². The van der Waals surface area contributed by atoms with Crippen LogP contribution in [0.3, 0.4) is 0 Å². The maximum absolute atomic E-state index is 13.8. The zero-order chi connectivity index (χ0) is 20.6. The van der Waals surface area contributed by atoms with E-state index in [1.165, 1.54) is 23.8 Å². The number of benzene rings is 1. The van der Waals surface area contributed by atoms with Crippen molar-refractivity contribution >= 4 is 41.3 Å². The Morgan fingerprint density at radius 1 is 1.33 bits per heavy atom. The fourth-order valence-electron chi connectivity index (χ4n) is 4.02. The molecule has 166 valence electrons. The number of guanidine groups is 1. The maximum atomic E-state index is 13.8. The van der Waals surface area contributed by atoms with Crippen LogP contribution >= 0.6 is 35.3 Å². The third kappa shape index (κ3) is 6.63. The van der Waals surface area contributed by atoms with Crippen LogP contribution in [0.1, 0.15) is 34.9 Å². The highest BCUT2D eigenvalue weighted by Gasteiger charge is 2.31. The molecule has 2 heterocycles. The average molecular weight is 546 g/mol. The first-order valence-electron chi connectivity index (χ1n) is 10.1. The number of likely N-dealkylation sites (tertiary alicyclic amines) is 1. The van der Waals surface area contributed by atoms with E-state index in [1.54, 1.807) is 20.2 Å². The summed E-state index contributed by atoms with van der Waals surface area (Å²) in [7, 11) is 5.57. The predicted molar refractivity (Wildman–Crippen MR) is 133 cm³/mol. The van der Waals surface area contributed by atoms with Crippen molar-refractivity contribution in [3.63, 3.8) is 0 Å². The Morgan fingerprint density at radius 2 is 2.17 bits per heavy atom. The SMILES string of the molecule is CN=C(NCc1ccc(F)c(COC)c1)NCC1CCCN(C)C1c1cccs1.I. The fourth-order valence-corrected chi connectivity index (χ4v) is 5.00. The third-order valence-corrected chi connectivity index (χ3v) is 6.41. The van der Waals surface area contributed by atoms with Gasteiger partial charge in [0.25, 0.3) is 0 Å². The van der Waals surface area contributed by atoms with Gasteiger partial charge in [-0.1, -0.05) is 12.1 Å². The molecule has 8 heteroatoms. The molecule has 0 bridgehead atoms. The topological polar surface area (TPSA) is 48.9 Å². The molecule has 0 amide bonds. The van der Waals surface area contributed by atoms with Gasteiger partial charge in [-0.25, -0.2) is 4.39 Å². The number of thiophene rings is 1. The van der Waals surface area contributed by atoms with Gasteiger partial charge in [-0.3, -0.25) is 9.89 Å². The van der Waals surface area contributed by atoms with Gasteiger partial charge in [0.15, 0.2) is 5.96 Å². The lowest BCUT2D eigenvalue weighted by Crippen LogP contribution is -2.44. The second-order valence-electron chi connectivity index (χ2n) is 7.51. The quantitative estimate of drug-likeness (QED) is 0.307.